The number of halogens is 1. The zero-order valence-corrected chi connectivity index (χ0v) is 26.9. The van der Waals surface area contributed by atoms with Crippen LogP contribution in [0.3, 0.4) is 0 Å². The van der Waals surface area contributed by atoms with Gasteiger partial charge in [0, 0.05) is 24.8 Å². The van der Waals surface area contributed by atoms with Crippen LogP contribution < -0.4 is 16.6 Å². The quantitative estimate of drug-likeness (QED) is 0.277. The number of carbonyl (C=O) groups is 1. The van der Waals surface area contributed by atoms with Gasteiger partial charge in [-0.1, -0.05) is 24.3 Å². The molecule has 0 radical (unpaired) electrons. The summed E-state index contributed by atoms with van der Waals surface area (Å²) in [6, 6.07) is 4.66. The maximum Gasteiger partial charge on any atom is 0.333 e. The highest BCUT2D eigenvalue weighted by Gasteiger charge is 2.38. The fraction of sp³-hybridized carbons (Fsp3) is 0.531. The van der Waals surface area contributed by atoms with E-state index >= 15 is 0 Å². The fourth-order valence-electron chi connectivity index (χ4n) is 6.13. The summed E-state index contributed by atoms with van der Waals surface area (Å²) >= 11 is 1.22. The van der Waals surface area contributed by atoms with E-state index in [0.717, 1.165) is 29.4 Å². The second-order valence-electron chi connectivity index (χ2n) is 12.4. The van der Waals surface area contributed by atoms with Crippen LogP contribution in [0.1, 0.15) is 75.7 Å². The number of ether oxygens (including phenoxy) is 2. The Balaban J connectivity index is 1.55. The minimum Gasteiger partial charge on any atom is -0.381 e. The molecule has 1 amide bonds. The van der Waals surface area contributed by atoms with E-state index in [1.807, 2.05) is 6.92 Å². The molecule has 0 bridgehead atoms. The Kier molecular flexibility index (Phi) is 8.77. The molecule has 3 aromatic heterocycles. The van der Waals surface area contributed by atoms with Gasteiger partial charge in [0.25, 0.3) is 5.56 Å². The molecule has 6 rings (SSSR count). The van der Waals surface area contributed by atoms with Gasteiger partial charge in [0.15, 0.2) is 0 Å². The first kappa shape index (κ1) is 31.3. The maximum absolute atomic E-state index is 14.8. The molecule has 45 heavy (non-hydrogen) atoms. The standard InChI is InChI=1S/C32H39FN6O5S/c1-5-20-9-10-21(33)17-24(20)25(44-23-11-15-43-16-12-23)18-37-29-26(19(2)28(45-29)39-34-13-14-35-39)27(40)38(31(37)42)32(3,4)30(41)36-22-7-6-8-22/h9-10,13-14,17,22-23,25H,5-8,11-12,15-16,18H2,1-4H3,(H,36,41). The second-order valence-corrected chi connectivity index (χ2v) is 13.3. The van der Waals surface area contributed by atoms with Crippen molar-refractivity contribution in [1.82, 2.24) is 29.4 Å². The zero-order chi connectivity index (χ0) is 31.9. The first-order valence-corrected chi connectivity index (χ1v) is 16.4. The third-order valence-corrected chi connectivity index (χ3v) is 10.3. The van der Waals surface area contributed by atoms with E-state index in [9.17, 15) is 18.8 Å². The predicted octanol–water partition coefficient (Wildman–Crippen LogP) is 4.16. The number of hydrogen-bond donors (Lipinski definition) is 1. The Labute approximate surface area is 264 Å². The number of amides is 1. The summed E-state index contributed by atoms with van der Waals surface area (Å²) in [5, 5.41) is 12.4. The summed E-state index contributed by atoms with van der Waals surface area (Å²) in [4.78, 5) is 44.3. The highest BCUT2D eigenvalue weighted by Crippen LogP contribution is 2.34. The fourth-order valence-corrected chi connectivity index (χ4v) is 7.35. The SMILES string of the molecule is CCc1ccc(F)cc1C(Cn1c(=O)n(C(C)(C)C(=O)NC2CCC2)c(=O)c2c(C)c(-n3nccn3)sc21)OC1CCOCC1. The number of benzene rings is 1. The van der Waals surface area contributed by atoms with Crippen LogP contribution in [0.25, 0.3) is 15.2 Å². The number of nitrogens with one attached hydrogen (secondary N) is 1. The summed E-state index contributed by atoms with van der Waals surface area (Å²) in [7, 11) is 0. The van der Waals surface area contributed by atoms with Gasteiger partial charge < -0.3 is 14.8 Å². The average Bonchev–Trinajstić information content (AvgIpc) is 3.65. The van der Waals surface area contributed by atoms with Gasteiger partial charge in [-0.05, 0) is 82.6 Å². The summed E-state index contributed by atoms with van der Waals surface area (Å²) < 4.78 is 29.5. The van der Waals surface area contributed by atoms with E-state index in [1.165, 1.54) is 45.2 Å². The zero-order valence-electron chi connectivity index (χ0n) is 26.0. The topological polar surface area (TPSA) is 122 Å². The number of fused-ring (bicyclic) bond motifs is 1. The normalized spacial score (nSPS) is 17.0. The number of hydrogen-bond acceptors (Lipinski definition) is 8. The Morgan fingerprint density at radius 2 is 1.89 bits per heavy atom. The molecule has 1 aromatic carbocycles. The minimum absolute atomic E-state index is 0.00429. The number of nitrogens with zero attached hydrogens (tertiary/aromatic N) is 5. The monoisotopic (exact) mass is 638 g/mol. The van der Waals surface area contributed by atoms with E-state index in [4.69, 9.17) is 9.47 Å². The van der Waals surface area contributed by atoms with Crippen LogP contribution in [-0.2, 0) is 32.8 Å². The summed E-state index contributed by atoms with van der Waals surface area (Å²) in [5.41, 5.74) is -0.564. The molecule has 4 heterocycles. The van der Waals surface area contributed by atoms with Crippen LogP contribution in [0.2, 0.25) is 0 Å². The lowest BCUT2D eigenvalue weighted by Gasteiger charge is -2.33. The van der Waals surface area contributed by atoms with E-state index in [1.54, 1.807) is 26.8 Å². The van der Waals surface area contributed by atoms with Crippen molar-refractivity contribution in [3.63, 3.8) is 0 Å². The molecule has 2 aliphatic rings. The van der Waals surface area contributed by atoms with Crippen LogP contribution in [-0.4, -0.2) is 55.4 Å². The van der Waals surface area contributed by atoms with Crippen LogP contribution in [0, 0.1) is 12.7 Å². The van der Waals surface area contributed by atoms with Gasteiger partial charge in [-0.2, -0.15) is 10.2 Å². The van der Waals surface area contributed by atoms with Gasteiger partial charge in [-0.3, -0.25) is 14.2 Å². The highest BCUT2D eigenvalue weighted by molar-refractivity contribution is 7.21. The van der Waals surface area contributed by atoms with Crippen molar-refractivity contribution in [2.24, 2.45) is 0 Å². The van der Waals surface area contributed by atoms with Crippen LogP contribution >= 0.6 is 11.3 Å². The molecule has 1 aliphatic heterocycles. The second kappa shape index (κ2) is 12.6. The average molecular weight is 639 g/mol. The predicted molar refractivity (Wildman–Crippen MR) is 169 cm³/mol. The molecule has 1 N–H and O–H groups in total. The Morgan fingerprint density at radius 3 is 2.53 bits per heavy atom. The molecule has 0 spiro atoms. The lowest BCUT2D eigenvalue weighted by molar-refractivity contribution is -0.130. The third kappa shape index (κ3) is 5.88. The van der Waals surface area contributed by atoms with E-state index in [-0.39, 0.29) is 18.7 Å². The van der Waals surface area contributed by atoms with Gasteiger partial charge in [0.1, 0.15) is 27.3 Å². The van der Waals surface area contributed by atoms with E-state index in [2.05, 4.69) is 15.5 Å². The van der Waals surface area contributed by atoms with Gasteiger partial charge in [0.05, 0.1) is 30.4 Å². The molecular formula is C32H39FN6O5S. The molecule has 1 atom stereocenters. The molecule has 1 unspecified atom stereocenters. The van der Waals surface area contributed by atoms with Crippen molar-refractivity contribution in [1.29, 1.82) is 0 Å². The number of thiophene rings is 1. The van der Waals surface area contributed by atoms with Gasteiger partial charge >= 0.3 is 5.69 Å². The number of aromatic nitrogens is 5. The highest BCUT2D eigenvalue weighted by atomic mass is 32.1. The molecule has 2 fully saturated rings. The third-order valence-electron chi connectivity index (χ3n) is 9.05. The Bertz CT molecular complexity index is 1820. The van der Waals surface area contributed by atoms with Crippen molar-refractivity contribution in [2.75, 3.05) is 13.2 Å². The van der Waals surface area contributed by atoms with Crippen LogP contribution in [0.5, 0.6) is 0 Å². The Hall–Kier alpha value is -3.68. The molecule has 1 saturated carbocycles. The lowest BCUT2D eigenvalue weighted by Crippen LogP contribution is -2.57. The molecular weight excluding hydrogens is 599 g/mol. The van der Waals surface area contributed by atoms with Gasteiger partial charge in [-0.25, -0.2) is 13.8 Å². The van der Waals surface area contributed by atoms with E-state index < -0.39 is 34.6 Å². The van der Waals surface area contributed by atoms with E-state index in [0.29, 0.717) is 58.8 Å². The summed E-state index contributed by atoms with van der Waals surface area (Å²) in [6.07, 6.45) is 6.92. The van der Waals surface area contributed by atoms with Crippen molar-refractivity contribution in [3.8, 4) is 5.00 Å². The van der Waals surface area contributed by atoms with Gasteiger partial charge in [0.2, 0.25) is 5.91 Å². The van der Waals surface area contributed by atoms with Crippen molar-refractivity contribution >= 4 is 27.5 Å². The molecule has 4 aromatic rings. The molecule has 11 nitrogen and oxygen atoms in total. The summed E-state index contributed by atoms with van der Waals surface area (Å²) in [6.45, 7) is 8.05. The number of carbonyl (C=O) groups excluding carboxylic acids is 1. The molecule has 13 heteroatoms. The molecule has 1 aliphatic carbocycles. The molecule has 240 valence electrons. The summed E-state index contributed by atoms with van der Waals surface area (Å²) in [5.74, 6) is -0.800. The van der Waals surface area contributed by atoms with Crippen LogP contribution in [0.4, 0.5) is 4.39 Å². The maximum atomic E-state index is 14.8. The number of rotatable bonds is 10. The Morgan fingerprint density at radius 1 is 1.18 bits per heavy atom. The van der Waals surface area contributed by atoms with Crippen molar-refractivity contribution in [2.45, 2.75) is 96.6 Å². The lowest BCUT2D eigenvalue weighted by atomic mass is 9.91. The van der Waals surface area contributed by atoms with Crippen molar-refractivity contribution < 1.29 is 18.7 Å². The minimum atomic E-state index is -1.50. The molecule has 1 saturated heterocycles. The first-order valence-electron chi connectivity index (χ1n) is 15.6. The smallest absolute Gasteiger partial charge is 0.333 e. The largest absolute Gasteiger partial charge is 0.381 e. The van der Waals surface area contributed by atoms with Gasteiger partial charge in [-0.15, -0.1) is 4.80 Å². The first-order chi connectivity index (χ1) is 21.6. The van der Waals surface area contributed by atoms with Crippen molar-refractivity contribution in [3.05, 3.63) is 73.9 Å². The van der Waals surface area contributed by atoms with Crippen LogP contribution in [0.15, 0.2) is 40.2 Å². The number of aryl methyl sites for hydroxylation is 2.